The number of hydrogen-bond donors (Lipinski definition) is 1. The fourth-order valence-electron chi connectivity index (χ4n) is 3.65. The molecule has 2 saturated heterocycles. The molecule has 5 heteroatoms. The van der Waals surface area contributed by atoms with Crippen molar-refractivity contribution in [1.82, 2.24) is 9.80 Å². The van der Waals surface area contributed by atoms with Gasteiger partial charge in [0.05, 0.1) is 6.42 Å². The number of nitrogen functional groups attached to an aromatic ring is 1. The second-order valence-corrected chi connectivity index (χ2v) is 7.04. The molecule has 0 atom stereocenters. The summed E-state index contributed by atoms with van der Waals surface area (Å²) in [5.41, 5.74) is 7.41. The van der Waals surface area contributed by atoms with E-state index in [1.54, 1.807) is 0 Å². The van der Waals surface area contributed by atoms with Crippen LogP contribution in [0.2, 0.25) is 0 Å². The Morgan fingerprint density at radius 2 is 1.79 bits per heavy atom. The molecule has 5 nitrogen and oxygen atoms in total. The number of carbonyl (C=O) groups is 2. The molecular weight excluding hydrogens is 302 g/mol. The third kappa shape index (κ3) is 4.28. The minimum Gasteiger partial charge on any atom is -0.399 e. The first kappa shape index (κ1) is 16.8. The van der Waals surface area contributed by atoms with Gasteiger partial charge in [-0.3, -0.25) is 9.59 Å². The first-order chi connectivity index (χ1) is 11.6. The van der Waals surface area contributed by atoms with E-state index < -0.39 is 0 Å². The number of piperidine rings is 2. The largest absolute Gasteiger partial charge is 0.399 e. The van der Waals surface area contributed by atoms with E-state index in [0.717, 1.165) is 63.1 Å². The summed E-state index contributed by atoms with van der Waals surface area (Å²) in [6, 6.07) is 7.51. The molecule has 24 heavy (non-hydrogen) atoms. The van der Waals surface area contributed by atoms with Crippen molar-refractivity contribution in [1.29, 1.82) is 0 Å². The van der Waals surface area contributed by atoms with Crippen LogP contribution in [0.1, 0.15) is 37.7 Å². The standard InChI is InChI=1S/C19H27N3O2/c20-17-6-4-15(5-7-17)13-19(24)21-11-8-16(9-12-21)14-22-10-2-1-3-18(22)23/h4-7,16H,1-3,8-14,20H2. The van der Waals surface area contributed by atoms with E-state index in [4.69, 9.17) is 5.73 Å². The quantitative estimate of drug-likeness (QED) is 0.860. The first-order valence-corrected chi connectivity index (χ1v) is 9.02. The Kier molecular flexibility index (Phi) is 5.38. The van der Waals surface area contributed by atoms with E-state index in [-0.39, 0.29) is 5.91 Å². The lowest BCUT2D eigenvalue weighted by Crippen LogP contribution is -2.44. The summed E-state index contributed by atoms with van der Waals surface area (Å²) < 4.78 is 0. The molecule has 0 spiro atoms. The van der Waals surface area contributed by atoms with Crippen LogP contribution in [-0.2, 0) is 16.0 Å². The second-order valence-electron chi connectivity index (χ2n) is 7.04. The highest BCUT2D eigenvalue weighted by Gasteiger charge is 2.26. The molecule has 0 aromatic heterocycles. The number of anilines is 1. The second kappa shape index (κ2) is 7.69. The van der Waals surface area contributed by atoms with Gasteiger partial charge in [-0.2, -0.15) is 0 Å². The SMILES string of the molecule is Nc1ccc(CC(=O)N2CCC(CN3CCCCC3=O)CC2)cc1. The number of benzene rings is 1. The van der Waals surface area contributed by atoms with Gasteiger partial charge in [-0.25, -0.2) is 0 Å². The van der Waals surface area contributed by atoms with Crippen molar-refractivity contribution >= 4 is 17.5 Å². The highest BCUT2D eigenvalue weighted by atomic mass is 16.2. The van der Waals surface area contributed by atoms with Crippen molar-refractivity contribution in [3.05, 3.63) is 29.8 Å². The summed E-state index contributed by atoms with van der Waals surface area (Å²) >= 11 is 0. The van der Waals surface area contributed by atoms with E-state index >= 15 is 0 Å². The maximum atomic E-state index is 12.4. The zero-order valence-corrected chi connectivity index (χ0v) is 14.2. The molecule has 0 bridgehead atoms. The van der Waals surface area contributed by atoms with Crippen molar-refractivity contribution in [3.8, 4) is 0 Å². The predicted octanol–water partition coefficient (Wildman–Crippen LogP) is 2.06. The number of nitrogens with zero attached hydrogens (tertiary/aromatic N) is 2. The topological polar surface area (TPSA) is 66.6 Å². The summed E-state index contributed by atoms with van der Waals surface area (Å²) in [4.78, 5) is 28.3. The minimum absolute atomic E-state index is 0.187. The zero-order chi connectivity index (χ0) is 16.9. The third-order valence-electron chi connectivity index (χ3n) is 5.20. The minimum atomic E-state index is 0.187. The van der Waals surface area contributed by atoms with Gasteiger partial charge >= 0.3 is 0 Å². The van der Waals surface area contributed by atoms with Crippen molar-refractivity contribution in [2.24, 2.45) is 5.92 Å². The molecule has 0 unspecified atom stereocenters. The van der Waals surface area contributed by atoms with E-state index in [1.165, 1.54) is 0 Å². The molecule has 2 heterocycles. The molecule has 1 aromatic rings. The molecule has 2 N–H and O–H groups in total. The van der Waals surface area contributed by atoms with Crippen molar-refractivity contribution < 1.29 is 9.59 Å². The van der Waals surface area contributed by atoms with Crippen LogP contribution in [0.15, 0.2) is 24.3 Å². The average Bonchev–Trinajstić information content (AvgIpc) is 2.59. The van der Waals surface area contributed by atoms with Crippen molar-refractivity contribution in [2.45, 2.75) is 38.5 Å². The first-order valence-electron chi connectivity index (χ1n) is 9.02. The molecule has 0 saturated carbocycles. The Bertz CT molecular complexity index is 577. The van der Waals surface area contributed by atoms with Crippen LogP contribution < -0.4 is 5.73 Å². The number of likely N-dealkylation sites (tertiary alicyclic amines) is 2. The van der Waals surface area contributed by atoms with Crippen molar-refractivity contribution in [2.75, 3.05) is 31.9 Å². The molecular formula is C19H27N3O2. The molecule has 2 fully saturated rings. The Labute approximate surface area is 143 Å². The number of carbonyl (C=O) groups excluding carboxylic acids is 2. The monoisotopic (exact) mass is 329 g/mol. The lowest BCUT2D eigenvalue weighted by molar-refractivity contribution is -0.136. The Hall–Kier alpha value is -2.04. The third-order valence-corrected chi connectivity index (χ3v) is 5.20. The van der Waals surface area contributed by atoms with E-state index in [0.29, 0.717) is 24.7 Å². The van der Waals surface area contributed by atoms with Crippen LogP contribution in [0.4, 0.5) is 5.69 Å². The summed E-state index contributed by atoms with van der Waals surface area (Å²) in [7, 11) is 0. The number of amides is 2. The molecule has 2 amide bonds. The molecule has 3 rings (SSSR count). The molecule has 2 aliphatic heterocycles. The van der Waals surface area contributed by atoms with Gasteiger partial charge in [0.15, 0.2) is 0 Å². The highest BCUT2D eigenvalue weighted by molar-refractivity contribution is 5.79. The van der Waals surface area contributed by atoms with Crippen LogP contribution in [0.25, 0.3) is 0 Å². The van der Waals surface area contributed by atoms with Crippen molar-refractivity contribution in [3.63, 3.8) is 0 Å². The number of nitrogens with two attached hydrogens (primary N) is 1. The summed E-state index contributed by atoms with van der Waals surface area (Å²) in [6.45, 7) is 3.40. The average molecular weight is 329 g/mol. The van der Waals surface area contributed by atoms with Crippen LogP contribution in [0.5, 0.6) is 0 Å². The van der Waals surface area contributed by atoms with Gasteiger partial charge in [-0.1, -0.05) is 12.1 Å². The van der Waals surface area contributed by atoms with Gasteiger partial charge in [-0.15, -0.1) is 0 Å². The van der Waals surface area contributed by atoms with Gasteiger partial charge < -0.3 is 15.5 Å². The van der Waals surface area contributed by atoms with Gasteiger partial charge in [0.2, 0.25) is 11.8 Å². The Morgan fingerprint density at radius 1 is 1.08 bits per heavy atom. The lowest BCUT2D eigenvalue weighted by Gasteiger charge is -2.36. The maximum Gasteiger partial charge on any atom is 0.226 e. The van der Waals surface area contributed by atoms with Gasteiger partial charge in [0, 0.05) is 38.3 Å². The fraction of sp³-hybridized carbons (Fsp3) is 0.579. The molecule has 1 aromatic carbocycles. The van der Waals surface area contributed by atoms with Crippen LogP contribution >= 0.6 is 0 Å². The van der Waals surface area contributed by atoms with Crippen LogP contribution in [0, 0.1) is 5.92 Å². The number of rotatable bonds is 4. The van der Waals surface area contributed by atoms with Gasteiger partial charge in [0.25, 0.3) is 0 Å². The van der Waals surface area contributed by atoms with E-state index in [9.17, 15) is 9.59 Å². The predicted molar refractivity (Wildman–Crippen MR) is 94.3 cm³/mol. The molecule has 130 valence electrons. The normalized spacial score (nSPS) is 19.6. The number of hydrogen-bond acceptors (Lipinski definition) is 3. The fourth-order valence-corrected chi connectivity index (χ4v) is 3.65. The van der Waals surface area contributed by atoms with Crippen LogP contribution in [0.3, 0.4) is 0 Å². The molecule has 2 aliphatic rings. The smallest absolute Gasteiger partial charge is 0.226 e. The van der Waals surface area contributed by atoms with Crippen LogP contribution in [-0.4, -0.2) is 47.8 Å². The summed E-state index contributed by atoms with van der Waals surface area (Å²) in [5, 5.41) is 0. The zero-order valence-electron chi connectivity index (χ0n) is 14.2. The Morgan fingerprint density at radius 3 is 2.46 bits per heavy atom. The summed E-state index contributed by atoms with van der Waals surface area (Å²) in [6.07, 6.45) is 5.31. The van der Waals surface area contributed by atoms with E-state index in [2.05, 4.69) is 0 Å². The van der Waals surface area contributed by atoms with E-state index in [1.807, 2.05) is 34.1 Å². The summed E-state index contributed by atoms with van der Waals surface area (Å²) in [5.74, 6) is 1.03. The maximum absolute atomic E-state index is 12.4. The molecule has 0 radical (unpaired) electrons. The van der Waals surface area contributed by atoms with Gasteiger partial charge in [-0.05, 0) is 49.3 Å². The molecule has 0 aliphatic carbocycles. The van der Waals surface area contributed by atoms with Gasteiger partial charge in [0.1, 0.15) is 0 Å². The lowest BCUT2D eigenvalue weighted by atomic mass is 9.94. The Balaban J connectivity index is 1.45. The highest BCUT2D eigenvalue weighted by Crippen LogP contribution is 2.21.